The standard InChI is InChI=1S/C23H34O6/c1-13(24)28-23(29-14(2)25)10-5-6-15-12-18(26)20-16-7-8-19(27)21(16,3)11-9-17(20)22(15,23)4/h12,16-20,26-27H,5-11H2,1-4H3/t16-,17-,18-,19-,20-,21-,22-/m0/s1. The summed E-state index contributed by atoms with van der Waals surface area (Å²) in [6.45, 7) is 6.91. The van der Waals surface area contributed by atoms with Crippen molar-refractivity contribution in [1.82, 2.24) is 0 Å². The summed E-state index contributed by atoms with van der Waals surface area (Å²) in [6.07, 6.45) is 6.25. The van der Waals surface area contributed by atoms with Crippen molar-refractivity contribution >= 4 is 11.9 Å². The number of aliphatic hydroxyl groups excluding tert-OH is 2. The van der Waals surface area contributed by atoms with E-state index in [2.05, 4.69) is 13.8 Å². The van der Waals surface area contributed by atoms with Crippen LogP contribution in [0, 0.1) is 28.6 Å². The molecule has 3 fully saturated rings. The molecule has 6 heteroatoms. The lowest BCUT2D eigenvalue weighted by atomic mass is 9.46. The molecule has 4 aliphatic rings. The summed E-state index contributed by atoms with van der Waals surface area (Å²) < 4.78 is 11.7. The van der Waals surface area contributed by atoms with Crippen LogP contribution in [0.1, 0.15) is 72.6 Å². The molecule has 0 aliphatic heterocycles. The molecule has 0 saturated heterocycles. The summed E-state index contributed by atoms with van der Waals surface area (Å²) in [4.78, 5) is 24.2. The molecule has 0 bridgehead atoms. The molecule has 7 atom stereocenters. The number of hydrogen-bond acceptors (Lipinski definition) is 6. The average Bonchev–Trinajstić information content (AvgIpc) is 2.91. The van der Waals surface area contributed by atoms with Crippen LogP contribution < -0.4 is 0 Å². The molecule has 0 aromatic heterocycles. The minimum Gasteiger partial charge on any atom is -0.422 e. The van der Waals surface area contributed by atoms with Gasteiger partial charge in [-0.3, -0.25) is 9.59 Å². The Balaban J connectivity index is 1.84. The highest BCUT2D eigenvalue weighted by atomic mass is 16.7. The fourth-order valence-corrected chi connectivity index (χ4v) is 7.49. The molecule has 162 valence electrons. The van der Waals surface area contributed by atoms with Crippen LogP contribution >= 0.6 is 0 Å². The van der Waals surface area contributed by atoms with Crippen LogP contribution in [0.3, 0.4) is 0 Å². The monoisotopic (exact) mass is 406 g/mol. The average molecular weight is 407 g/mol. The van der Waals surface area contributed by atoms with Crippen molar-refractivity contribution in [3.8, 4) is 0 Å². The lowest BCUT2D eigenvalue weighted by Gasteiger charge is -2.62. The van der Waals surface area contributed by atoms with E-state index >= 15 is 0 Å². The fraction of sp³-hybridized carbons (Fsp3) is 0.826. The van der Waals surface area contributed by atoms with Crippen LogP contribution in [-0.2, 0) is 19.1 Å². The predicted octanol–water partition coefficient (Wildman–Crippen LogP) is 3.10. The first kappa shape index (κ1) is 20.9. The highest BCUT2D eigenvalue weighted by Gasteiger charge is 2.68. The van der Waals surface area contributed by atoms with Crippen molar-refractivity contribution in [2.75, 3.05) is 0 Å². The van der Waals surface area contributed by atoms with Gasteiger partial charge in [0.05, 0.1) is 17.6 Å². The van der Waals surface area contributed by atoms with Gasteiger partial charge in [-0.25, -0.2) is 0 Å². The number of aliphatic hydroxyl groups is 2. The van der Waals surface area contributed by atoms with Gasteiger partial charge in [-0.05, 0) is 68.6 Å². The molecule has 0 heterocycles. The van der Waals surface area contributed by atoms with Crippen molar-refractivity contribution in [3.63, 3.8) is 0 Å². The van der Waals surface area contributed by atoms with Gasteiger partial charge in [-0.1, -0.05) is 18.6 Å². The second kappa shape index (κ2) is 6.81. The lowest BCUT2D eigenvalue weighted by Crippen LogP contribution is -2.65. The molecule has 4 aliphatic carbocycles. The SMILES string of the molecule is CC(=O)OC1(OC(C)=O)CCCC2=C[C@H](O)[C@H]3[C@@H]4CC[C@H](O)[C@@]4(C)CC[C@@H]3[C@]21C. The molecule has 29 heavy (non-hydrogen) atoms. The summed E-state index contributed by atoms with van der Waals surface area (Å²) in [7, 11) is 0. The van der Waals surface area contributed by atoms with E-state index in [0.29, 0.717) is 6.42 Å². The minimum absolute atomic E-state index is 0.0138. The second-order valence-corrected chi connectivity index (χ2v) is 10.1. The van der Waals surface area contributed by atoms with Gasteiger partial charge in [0.25, 0.3) is 5.79 Å². The van der Waals surface area contributed by atoms with Crippen LogP contribution in [0.2, 0.25) is 0 Å². The number of hydrogen-bond donors (Lipinski definition) is 2. The Labute approximate surface area is 172 Å². The van der Waals surface area contributed by atoms with E-state index in [9.17, 15) is 19.8 Å². The topological polar surface area (TPSA) is 93.1 Å². The fourth-order valence-electron chi connectivity index (χ4n) is 7.49. The van der Waals surface area contributed by atoms with Gasteiger partial charge in [0.15, 0.2) is 0 Å². The molecule has 4 rings (SSSR count). The van der Waals surface area contributed by atoms with Gasteiger partial charge >= 0.3 is 11.9 Å². The smallest absolute Gasteiger partial charge is 0.305 e. The highest BCUT2D eigenvalue weighted by molar-refractivity contribution is 5.69. The molecular formula is C23H34O6. The second-order valence-electron chi connectivity index (χ2n) is 10.1. The highest BCUT2D eigenvalue weighted by Crippen LogP contribution is 2.67. The van der Waals surface area contributed by atoms with E-state index in [1.807, 2.05) is 6.08 Å². The molecule has 3 saturated carbocycles. The minimum atomic E-state index is -1.34. The Kier molecular flexibility index (Phi) is 4.90. The van der Waals surface area contributed by atoms with E-state index in [1.165, 1.54) is 13.8 Å². The Morgan fingerprint density at radius 2 is 1.66 bits per heavy atom. The van der Waals surface area contributed by atoms with Crippen molar-refractivity contribution < 1.29 is 29.3 Å². The van der Waals surface area contributed by atoms with Crippen LogP contribution in [0.5, 0.6) is 0 Å². The quantitative estimate of drug-likeness (QED) is 0.416. The van der Waals surface area contributed by atoms with Crippen molar-refractivity contribution in [3.05, 3.63) is 11.6 Å². The van der Waals surface area contributed by atoms with Gasteiger partial charge in [0.1, 0.15) is 0 Å². The zero-order valence-corrected chi connectivity index (χ0v) is 17.9. The molecule has 0 amide bonds. The number of rotatable bonds is 2. The number of esters is 2. The largest absolute Gasteiger partial charge is 0.422 e. The summed E-state index contributed by atoms with van der Waals surface area (Å²) in [5.74, 6) is -2.12. The Bertz CT molecular complexity index is 728. The predicted molar refractivity (Wildman–Crippen MR) is 105 cm³/mol. The Hall–Kier alpha value is -1.40. The molecule has 0 radical (unpaired) electrons. The first-order valence-corrected chi connectivity index (χ1v) is 11.0. The van der Waals surface area contributed by atoms with E-state index < -0.39 is 29.2 Å². The molecular weight excluding hydrogens is 372 g/mol. The summed E-state index contributed by atoms with van der Waals surface area (Å²) >= 11 is 0. The Morgan fingerprint density at radius 3 is 2.28 bits per heavy atom. The normalized spacial score (nSPS) is 45.3. The summed E-state index contributed by atoms with van der Waals surface area (Å²) in [6, 6.07) is 0. The zero-order chi connectivity index (χ0) is 21.2. The maximum absolute atomic E-state index is 12.1. The first-order valence-electron chi connectivity index (χ1n) is 11.0. The van der Waals surface area contributed by atoms with Gasteiger partial charge in [-0.2, -0.15) is 0 Å². The van der Waals surface area contributed by atoms with Crippen molar-refractivity contribution in [2.24, 2.45) is 28.6 Å². The third-order valence-electron chi connectivity index (χ3n) is 8.82. The van der Waals surface area contributed by atoms with E-state index in [4.69, 9.17) is 9.47 Å². The zero-order valence-electron chi connectivity index (χ0n) is 17.9. The third kappa shape index (κ3) is 2.82. The third-order valence-corrected chi connectivity index (χ3v) is 8.82. The first-order chi connectivity index (χ1) is 13.5. The molecule has 0 aromatic carbocycles. The maximum Gasteiger partial charge on any atom is 0.305 e. The number of fused-ring (bicyclic) bond motifs is 5. The summed E-state index contributed by atoms with van der Waals surface area (Å²) in [5.41, 5.74) is 0.146. The van der Waals surface area contributed by atoms with E-state index in [1.54, 1.807) is 0 Å². The van der Waals surface area contributed by atoms with E-state index in [0.717, 1.165) is 44.1 Å². The van der Waals surface area contributed by atoms with Crippen molar-refractivity contribution in [1.29, 1.82) is 0 Å². The summed E-state index contributed by atoms with van der Waals surface area (Å²) in [5, 5.41) is 21.8. The lowest BCUT2D eigenvalue weighted by molar-refractivity contribution is -0.292. The van der Waals surface area contributed by atoms with Crippen LogP contribution in [0.15, 0.2) is 11.6 Å². The molecule has 0 aromatic rings. The van der Waals surface area contributed by atoms with Gasteiger partial charge in [0.2, 0.25) is 0 Å². The molecule has 2 N–H and O–H groups in total. The Morgan fingerprint density at radius 1 is 1.00 bits per heavy atom. The molecule has 0 unspecified atom stereocenters. The van der Waals surface area contributed by atoms with E-state index in [-0.39, 0.29) is 29.3 Å². The van der Waals surface area contributed by atoms with Crippen LogP contribution in [-0.4, -0.2) is 40.1 Å². The van der Waals surface area contributed by atoms with Gasteiger partial charge in [-0.15, -0.1) is 0 Å². The van der Waals surface area contributed by atoms with Crippen LogP contribution in [0.25, 0.3) is 0 Å². The van der Waals surface area contributed by atoms with Crippen molar-refractivity contribution in [2.45, 2.75) is 90.6 Å². The van der Waals surface area contributed by atoms with Crippen LogP contribution in [0.4, 0.5) is 0 Å². The van der Waals surface area contributed by atoms with Gasteiger partial charge < -0.3 is 19.7 Å². The number of ether oxygens (including phenoxy) is 2. The maximum atomic E-state index is 12.1. The number of carbonyl (C=O) groups is 2. The van der Waals surface area contributed by atoms with Gasteiger partial charge in [0, 0.05) is 20.3 Å². The molecule has 0 spiro atoms. The molecule has 6 nitrogen and oxygen atoms in total. The number of carbonyl (C=O) groups excluding carboxylic acids is 2.